The molecule has 1 atom stereocenters. The number of benzene rings is 2. The van der Waals surface area contributed by atoms with Gasteiger partial charge in [-0.3, -0.25) is 4.79 Å². The maximum Gasteiger partial charge on any atom is 0.417 e. The Morgan fingerprint density at radius 1 is 0.969 bits per heavy atom. The van der Waals surface area contributed by atoms with E-state index in [4.69, 9.17) is 23.2 Å². The second kappa shape index (κ2) is 10.1. The van der Waals surface area contributed by atoms with Crippen LogP contribution in [-0.4, -0.2) is 36.5 Å². The molecule has 0 spiro atoms. The first-order valence-corrected chi connectivity index (χ1v) is 9.87. The Labute approximate surface area is 196 Å². The van der Waals surface area contributed by atoms with Gasteiger partial charge in [-0.2, -0.15) is 26.3 Å². The van der Waals surface area contributed by atoms with Crippen LogP contribution in [0.1, 0.15) is 27.0 Å². The Morgan fingerprint density at radius 3 is 2.22 bits per heavy atom. The van der Waals surface area contributed by atoms with Crippen molar-refractivity contribution in [3.05, 3.63) is 68.7 Å². The van der Waals surface area contributed by atoms with Crippen molar-refractivity contribution in [3.63, 3.8) is 0 Å². The zero-order valence-electron chi connectivity index (χ0n) is 16.2. The molecule has 176 valence electrons. The molecule has 1 saturated heterocycles. The fraction of sp³-hybridized carbons (Fsp3) is 0.350. The van der Waals surface area contributed by atoms with E-state index in [1.807, 2.05) is 0 Å². The van der Waals surface area contributed by atoms with E-state index in [2.05, 4.69) is 5.32 Å². The summed E-state index contributed by atoms with van der Waals surface area (Å²) < 4.78 is 78.7. The molecule has 0 unspecified atom stereocenters. The molecule has 0 bridgehead atoms. The minimum Gasteiger partial charge on any atom is -0.333 e. The maximum absolute atomic E-state index is 13.2. The van der Waals surface area contributed by atoms with E-state index >= 15 is 0 Å². The molecule has 1 aliphatic rings. The van der Waals surface area contributed by atoms with Crippen molar-refractivity contribution in [2.45, 2.75) is 24.8 Å². The van der Waals surface area contributed by atoms with E-state index in [0.29, 0.717) is 35.6 Å². The number of carbonyl (C=O) groups excluding carboxylic acids is 1. The predicted octanol–water partition coefficient (Wildman–Crippen LogP) is 6.11. The van der Waals surface area contributed by atoms with Crippen LogP contribution in [0, 0.1) is 0 Å². The van der Waals surface area contributed by atoms with E-state index in [1.165, 1.54) is 4.90 Å². The van der Waals surface area contributed by atoms with Crippen LogP contribution in [0.5, 0.6) is 0 Å². The van der Waals surface area contributed by atoms with Gasteiger partial charge in [0.25, 0.3) is 5.91 Å². The first-order valence-electron chi connectivity index (χ1n) is 9.12. The number of halogens is 9. The number of amides is 1. The van der Waals surface area contributed by atoms with Crippen LogP contribution < -0.4 is 5.32 Å². The number of hydrogen-bond donors (Lipinski definition) is 1. The molecule has 1 heterocycles. The van der Waals surface area contributed by atoms with Gasteiger partial charge in [0.1, 0.15) is 0 Å². The molecular formula is C20H17Cl3F6N2O. The smallest absolute Gasteiger partial charge is 0.333 e. The van der Waals surface area contributed by atoms with Crippen LogP contribution in [0.25, 0.3) is 0 Å². The van der Waals surface area contributed by atoms with Crippen molar-refractivity contribution in [1.29, 1.82) is 0 Å². The van der Waals surface area contributed by atoms with Gasteiger partial charge in [-0.05, 0) is 42.3 Å². The average Bonchev–Trinajstić information content (AvgIpc) is 2.69. The standard InChI is InChI=1S/C20H16Cl2F6N2O.ClH/c21-16-4-1-11(8-17(16)22)7-13-10-29-5-6-30(13)18(31)12-2-3-14(19(23,24)25)15(9-12)20(26,27)28;/h1-4,8-9,13,29H,5-7,10H2;1H/t13-;/m1./s1. The molecule has 0 radical (unpaired) electrons. The molecule has 1 aliphatic heterocycles. The van der Waals surface area contributed by atoms with Crippen molar-refractivity contribution in [3.8, 4) is 0 Å². The third kappa shape index (κ3) is 6.01. The summed E-state index contributed by atoms with van der Waals surface area (Å²) in [5.74, 6) is -0.772. The lowest BCUT2D eigenvalue weighted by Gasteiger charge is -2.36. The lowest BCUT2D eigenvalue weighted by molar-refractivity contribution is -0.162. The average molecular weight is 522 g/mol. The molecule has 0 aliphatic carbocycles. The molecule has 1 amide bonds. The quantitative estimate of drug-likeness (QED) is 0.495. The minimum absolute atomic E-state index is 0. The van der Waals surface area contributed by atoms with Gasteiger partial charge < -0.3 is 10.2 Å². The monoisotopic (exact) mass is 520 g/mol. The van der Waals surface area contributed by atoms with Gasteiger partial charge in [0.15, 0.2) is 0 Å². The summed E-state index contributed by atoms with van der Waals surface area (Å²) >= 11 is 11.9. The highest BCUT2D eigenvalue weighted by atomic mass is 35.5. The Balaban J connectivity index is 0.00000363. The summed E-state index contributed by atoms with van der Waals surface area (Å²) in [6.07, 6.45) is -10.1. The topological polar surface area (TPSA) is 32.3 Å². The summed E-state index contributed by atoms with van der Waals surface area (Å²) in [6, 6.07) is 5.84. The van der Waals surface area contributed by atoms with Crippen molar-refractivity contribution in [1.82, 2.24) is 10.2 Å². The lowest BCUT2D eigenvalue weighted by atomic mass is 9.99. The lowest BCUT2D eigenvalue weighted by Crippen LogP contribution is -2.54. The van der Waals surface area contributed by atoms with Crippen LogP contribution in [0.3, 0.4) is 0 Å². The molecule has 1 fully saturated rings. The fourth-order valence-electron chi connectivity index (χ4n) is 3.47. The molecule has 2 aromatic rings. The van der Waals surface area contributed by atoms with Gasteiger partial charge in [0, 0.05) is 31.2 Å². The van der Waals surface area contributed by atoms with Crippen molar-refractivity contribution in [2.75, 3.05) is 19.6 Å². The SMILES string of the molecule is Cl.O=C(c1ccc(C(F)(F)F)c(C(F)(F)F)c1)N1CCNC[C@H]1Cc1ccc(Cl)c(Cl)c1. The van der Waals surface area contributed by atoms with Crippen molar-refractivity contribution in [2.24, 2.45) is 0 Å². The minimum atomic E-state index is -5.26. The molecular weight excluding hydrogens is 505 g/mol. The fourth-order valence-corrected chi connectivity index (χ4v) is 3.79. The summed E-state index contributed by atoms with van der Waals surface area (Å²) in [5, 5.41) is 3.77. The largest absolute Gasteiger partial charge is 0.417 e. The number of hydrogen-bond acceptors (Lipinski definition) is 2. The van der Waals surface area contributed by atoms with Crippen LogP contribution in [0.4, 0.5) is 26.3 Å². The van der Waals surface area contributed by atoms with Crippen LogP contribution in [0.15, 0.2) is 36.4 Å². The van der Waals surface area contributed by atoms with Crippen molar-refractivity contribution < 1.29 is 31.1 Å². The van der Waals surface area contributed by atoms with Gasteiger partial charge >= 0.3 is 12.4 Å². The maximum atomic E-state index is 13.2. The second-order valence-corrected chi connectivity index (χ2v) is 7.88. The Hall–Kier alpha value is -1.68. The number of nitrogens with zero attached hydrogens (tertiary/aromatic N) is 1. The van der Waals surface area contributed by atoms with E-state index < -0.39 is 41.0 Å². The molecule has 2 aromatic carbocycles. The number of nitrogens with one attached hydrogen (secondary N) is 1. The normalized spacial score (nSPS) is 17.1. The molecule has 3 nitrogen and oxygen atoms in total. The Morgan fingerprint density at radius 2 is 1.62 bits per heavy atom. The van der Waals surface area contributed by atoms with Crippen molar-refractivity contribution >= 4 is 41.5 Å². The van der Waals surface area contributed by atoms with Gasteiger partial charge in [0.2, 0.25) is 0 Å². The number of rotatable bonds is 3. The van der Waals surface area contributed by atoms with E-state index in [0.717, 1.165) is 11.6 Å². The zero-order chi connectivity index (χ0) is 23.0. The zero-order valence-corrected chi connectivity index (χ0v) is 18.5. The Bertz CT molecular complexity index is 981. The van der Waals surface area contributed by atoms with Gasteiger partial charge in [-0.1, -0.05) is 29.3 Å². The third-order valence-corrected chi connectivity index (χ3v) is 5.68. The highest BCUT2D eigenvalue weighted by molar-refractivity contribution is 6.42. The van der Waals surface area contributed by atoms with Gasteiger partial charge in [-0.25, -0.2) is 0 Å². The summed E-state index contributed by atoms with van der Waals surface area (Å²) in [4.78, 5) is 14.3. The third-order valence-electron chi connectivity index (χ3n) is 4.94. The molecule has 0 saturated carbocycles. The number of piperazine rings is 1. The number of alkyl halides is 6. The molecule has 12 heteroatoms. The highest BCUT2D eigenvalue weighted by Gasteiger charge is 2.43. The van der Waals surface area contributed by atoms with Crippen LogP contribution in [-0.2, 0) is 18.8 Å². The van der Waals surface area contributed by atoms with E-state index in [9.17, 15) is 31.1 Å². The first kappa shape index (κ1) is 26.6. The van der Waals surface area contributed by atoms with Gasteiger partial charge in [0.05, 0.1) is 21.2 Å². The Kier molecular flexibility index (Phi) is 8.36. The van der Waals surface area contributed by atoms with Gasteiger partial charge in [-0.15, -0.1) is 12.4 Å². The predicted molar refractivity (Wildman–Crippen MR) is 112 cm³/mol. The molecule has 3 rings (SSSR count). The summed E-state index contributed by atoms with van der Waals surface area (Å²) in [6.45, 7) is 0.947. The molecule has 32 heavy (non-hydrogen) atoms. The summed E-state index contributed by atoms with van der Waals surface area (Å²) in [5.41, 5.74) is -3.42. The van der Waals surface area contributed by atoms with Crippen LogP contribution >= 0.6 is 35.6 Å². The van der Waals surface area contributed by atoms with E-state index in [-0.39, 0.29) is 25.0 Å². The second-order valence-electron chi connectivity index (χ2n) is 7.06. The van der Waals surface area contributed by atoms with E-state index in [1.54, 1.807) is 18.2 Å². The first-order chi connectivity index (χ1) is 14.4. The molecule has 0 aromatic heterocycles. The molecule has 1 N–H and O–H groups in total. The summed E-state index contributed by atoms with van der Waals surface area (Å²) in [7, 11) is 0. The highest BCUT2D eigenvalue weighted by Crippen LogP contribution is 2.40. The van der Waals surface area contributed by atoms with Crippen LogP contribution in [0.2, 0.25) is 10.0 Å². The number of carbonyl (C=O) groups is 1.